The van der Waals surface area contributed by atoms with Crippen LogP contribution in [0, 0.1) is 0 Å². The number of methoxy groups -OCH3 is 1. The summed E-state index contributed by atoms with van der Waals surface area (Å²) in [4.78, 5) is 14.9. The maximum Gasteiger partial charge on any atom is 0.229 e. The van der Waals surface area contributed by atoms with Crippen molar-refractivity contribution < 1.29 is 17.9 Å². The number of carbonyl (C=O) groups excluding carboxylic acids is 1. The quantitative estimate of drug-likeness (QED) is 0.707. The molecule has 0 fully saturated rings. The fraction of sp³-hybridized carbons (Fsp3) is 0.350. The molecule has 0 aliphatic carbocycles. The van der Waals surface area contributed by atoms with Crippen LogP contribution in [0.1, 0.15) is 30.5 Å². The summed E-state index contributed by atoms with van der Waals surface area (Å²) >= 11 is 3.47. The molecule has 0 radical (unpaired) electrons. The van der Waals surface area contributed by atoms with Crippen LogP contribution >= 0.6 is 15.9 Å². The summed E-state index contributed by atoms with van der Waals surface area (Å²) in [5, 5.41) is 0. The summed E-state index contributed by atoms with van der Waals surface area (Å²) in [6.45, 7) is 2.00. The van der Waals surface area contributed by atoms with E-state index in [0.29, 0.717) is 11.3 Å². The van der Waals surface area contributed by atoms with Gasteiger partial charge in [0.15, 0.2) is 0 Å². The van der Waals surface area contributed by atoms with Crippen molar-refractivity contribution in [2.45, 2.75) is 31.8 Å². The predicted octanol–water partition coefficient (Wildman–Crippen LogP) is 3.42. The lowest BCUT2D eigenvalue weighted by molar-refractivity contribution is -0.119. The third kappa shape index (κ3) is 4.74. The summed E-state index contributed by atoms with van der Waals surface area (Å²) in [5.41, 5.74) is 2.70. The van der Waals surface area contributed by atoms with E-state index in [1.165, 1.54) is 0 Å². The highest BCUT2D eigenvalue weighted by Crippen LogP contribution is 2.35. The van der Waals surface area contributed by atoms with Crippen LogP contribution in [-0.4, -0.2) is 33.7 Å². The average Bonchev–Trinajstić information content (AvgIpc) is 2.95. The van der Waals surface area contributed by atoms with Gasteiger partial charge in [-0.05, 0) is 54.8 Å². The topological polar surface area (TPSA) is 75.7 Å². The minimum atomic E-state index is -3.49. The van der Waals surface area contributed by atoms with Gasteiger partial charge in [-0.15, -0.1) is 0 Å². The number of ether oxygens (including phenoxy) is 1. The molecule has 2 aromatic rings. The van der Waals surface area contributed by atoms with Crippen molar-refractivity contribution in [1.29, 1.82) is 0 Å². The Labute approximate surface area is 174 Å². The van der Waals surface area contributed by atoms with Crippen molar-refractivity contribution in [2.24, 2.45) is 0 Å². The molecule has 28 heavy (non-hydrogen) atoms. The number of sulfonamides is 1. The molecule has 0 saturated heterocycles. The molecule has 1 amide bonds. The van der Waals surface area contributed by atoms with Gasteiger partial charge in [0.05, 0.1) is 19.4 Å². The van der Waals surface area contributed by atoms with Gasteiger partial charge in [0, 0.05) is 22.6 Å². The molecule has 0 saturated carbocycles. The van der Waals surface area contributed by atoms with E-state index in [2.05, 4.69) is 20.7 Å². The Morgan fingerprint density at radius 3 is 2.57 bits per heavy atom. The number of amides is 1. The predicted molar refractivity (Wildman–Crippen MR) is 113 cm³/mol. The molecule has 0 aromatic heterocycles. The first-order chi connectivity index (χ1) is 13.2. The second kappa shape index (κ2) is 8.23. The van der Waals surface area contributed by atoms with Crippen molar-refractivity contribution in [2.75, 3.05) is 18.3 Å². The highest BCUT2D eigenvalue weighted by Gasteiger charge is 2.32. The van der Waals surface area contributed by atoms with Crippen LogP contribution in [-0.2, 0) is 21.2 Å². The van der Waals surface area contributed by atoms with Gasteiger partial charge < -0.3 is 9.64 Å². The number of fused-ring (bicyclic) bond motifs is 1. The number of nitrogens with one attached hydrogen (secondary N) is 1. The summed E-state index contributed by atoms with van der Waals surface area (Å²) in [6.07, 6.45) is 1.89. The van der Waals surface area contributed by atoms with Gasteiger partial charge in [-0.1, -0.05) is 28.1 Å². The normalized spacial score (nSPS) is 17.3. The van der Waals surface area contributed by atoms with Crippen molar-refractivity contribution >= 4 is 37.5 Å². The minimum absolute atomic E-state index is 0.0200. The zero-order chi connectivity index (χ0) is 20.5. The zero-order valence-electron chi connectivity index (χ0n) is 16.0. The number of nitrogens with zero attached hydrogens (tertiary/aromatic N) is 1. The lowest BCUT2D eigenvalue weighted by Crippen LogP contribution is -2.39. The molecule has 1 N–H and O–H groups in total. The maximum absolute atomic E-state index is 13.2. The molecule has 1 heterocycles. The number of hydrogen-bond donors (Lipinski definition) is 1. The van der Waals surface area contributed by atoms with Gasteiger partial charge in [-0.3, -0.25) is 4.79 Å². The third-order valence-electron chi connectivity index (χ3n) is 4.78. The molecule has 1 aliphatic rings. The fourth-order valence-electron chi connectivity index (χ4n) is 3.57. The standard InChI is InChI=1S/C20H23BrN2O4S/c1-13-10-15-11-16(21)6-9-19(15)23(13)20(24)12-18(22-28(3,25)26)14-4-7-17(27-2)8-5-14/h4-9,11,13,18,22H,10,12H2,1-3H3/t13-,18-/m0/s1. The highest BCUT2D eigenvalue weighted by molar-refractivity contribution is 9.10. The highest BCUT2D eigenvalue weighted by atomic mass is 79.9. The Morgan fingerprint density at radius 1 is 1.29 bits per heavy atom. The monoisotopic (exact) mass is 466 g/mol. The van der Waals surface area contributed by atoms with Crippen molar-refractivity contribution in [3.05, 3.63) is 58.1 Å². The number of halogens is 1. The molecule has 2 aromatic carbocycles. The van der Waals surface area contributed by atoms with Crippen LogP contribution in [0.5, 0.6) is 5.75 Å². The molecular weight excluding hydrogens is 444 g/mol. The first-order valence-electron chi connectivity index (χ1n) is 8.89. The van der Waals surface area contributed by atoms with E-state index in [-0.39, 0.29) is 18.4 Å². The lowest BCUT2D eigenvalue weighted by Gasteiger charge is -2.26. The second-order valence-corrected chi connectivity index (χ2v) is 9.71. The van der Waals surface area contributed by atoms with E-state index in [9.17, 15) is 13.2 Å². The van der Waals surface area contributed by atoms with E-state index < -0.39 is 16.1 Å². The van der Waals surface area contributed by atoms with Crippen molar-refractivity contribution in [1.82, 2.24) is 4.72 Å². The molecule has 2 atom stereocenters. The molecule has 150 valence electrons. The van der Waals surface area contributed by atoms with Crippen LogP contribution in [0.2, 0.25) is 0 Å². The Hall–Kier alpha value is -1.90. The first-order valence-corrected chi connectivity index (χ1v) is 11.6. The maximum atomic E-state index is 13.2. The minimum Gasteiger partial charge on any atom is -0.497 e. The molecular formula is C20H23BrN2O4S. The van der Waals surface area contributed by atoms with Crippen LogP contribution in [0.25, 0.3) is 0 Å². The van der Waals surface area contributed by atoms with E-state index in [4.69, 9.17) is 4.74 Å². The Morgan fingerprint density at radius 2 is 1.96 bits per heavy atom. The molecule has 0 bridgehead atoms. The van der Waals surface area contributed by atoms with E-state index in [0.717, 1.165) is 28.4 Å². The van der Waals surface area contributed by atoms with Crippen LogP contribution in [0.3, 0.4) is 0 Å². The van der Waals surface area contributed by atoms with Gasteiger partial charge >= 0.3 is 0 Å². The molecule has 8 heteroatoms. The van der Waals surface area contributed by atoms with Gasteiger partial charge in [0.25, 0.3) is 0 Å². The Bertz CT molecular complexity index is 976. The van der Waals surface area contributed by atoms with E-state index in [1.807, 2.05) is 25.1 Å². The molecule has 3 rings (SSSR count). The SMILES string of the molecule is COc1ccc([C@H](CC(=O)N2c3ccc(Br)cc3C[C@@H]2C)NS(C)(=O)=O)cc1. The van der Waals surface area contributed by atoms with E-state index >= 15 is 0 Å². The largest absolute Gasteiger partial charge is 0.497 e. The molecule has 1 aliphatic heterocycles. The summed E-state index contributed by atoms with van der Waals surface area (Å²) in [6, 6.07) is 12.3. The Kier molecular flexibility index (Phi) is 6.12. The summed E-state index contributed by atoms with van der Waals surface area (Å²) in [5.74, 6) is 0.548. The van der Waals surface area contributed by atoms with Crippen LogP contribution in [0.4, 0.5) is 5.69 Å². The molecule has 0 unspecified atom stereocenters. The molecule has 0 spiro atoms. The third-order valence-corrected chi connectivity index (χ3v) is 5.99. The zero-order valence-corrected chi connectivity index (χ0v) is 18.4. The van der Waals surface area contributed by atoms with Gasteiger partial charge in [0.2, 0.25) is 15.9 Å². The fourth-order valence-corrected chi connectivity index (χ4v) is 4.72. The van der Waals surface area contributed by atoms with Gasteiger partial charge in [0.1, 0.15) is 5.75 Å². The van der Waals surface area contributed by atoms with Crippen molar-refractivity contribution in [3.8, 4) is 5.75 Å². The number of anilines is 1. The lowest BCUT2D eigenvalue weighted by atomic mass is 10.0. The first kappa shape index (κ1) is 20.8. The number of rotatable bonds is 6. The number of benzene rings is 2. The number of carbonyl (C=O) groups is 1. The van der Waals surface area contributed by atoms with Crippen molar-refractivity contribution in [3.63, 3.8) is 0 Å². The Balaban J connectivity index is 1.87. The van der Waals surface area contributed by atoms with Crippen LogP contribution in [0.15, 0.2) is 46.9 Å². The van der Waals surface area contributed by atoms with Crippen LogP contribution < -0.4 is 14.4 Å². The second-order valence-electron chi connectivity index (χ2n) is 7.01. The van der Waals surface area contributed by atoms with Gasteiger partial charge in [-0.25, -0.2) is 13.1 Å². The van der Waals surface area contributed by atoms with E-state index in [1.54, 1.807) is 36.3 Å². The summed E-state index contributed by atoms with van der Waals surface area (Å²) in [7, 11) is -1.93. The average molecular weight is 467 g/mol. The summed E-state index contributed by atoms with van der Waals surface area (Å²) < 4.78 is 32.5. The van der Waals surface area contributed by atoms with Gasteiger partial charge in [-0.2, -0.15) is 0 Å². The smallest absolute Gasteiger partial charge is 0.229 e. The molecule has 6 nitrogen and oxygen atoms in total. The number of hydrogen-bond acceptors (Lipinski definition) is 4.